The van der Waals surface area contributed by atoms with Gasteiger partial charge in [0.05, 0.1) is 57.9 Å². The maximum absolute atomic E-state index is 15.1. The van der Waals surface area contributed by atoms with Gasteiger partial charge in [0.2, 0.25) is 34.9 Å². The van der Waals surface area contributed by atoms with Gasteiger partial charge in [-0.3, -0.25) is 50.0 Å². The Morgan fingerprint density at radius 1 is 0.438 bits per heavy atom. The van der Waals surface area contributed by atoms with Crippen LogP contribution in [0, 0.1) is 0 Å². The summed E-state index contributed by atoms with van der Waals surface area (Å²) in [7, 11) is 0. The molecule has 0 spiro atoms. The monoisotopic (exact) mass is 840 g/mol. The first kappa shape index (κ1) is 38.0. The number of hydrogen-bond donors (Lipinski definition) is 4. The molecule has 0 radical (unpaired) electrons. The third kappa shape index (κ3) is 6.48. The fraction of sp³-hybridized carbons (Fsp3) is 0.0833. The molecular weight excluding hydrogens is 805 g/mol. The van der Waals surface area contributed by atoms with Crippen LogP contribution in [0.3, 0.4) is 0 Å². The highest BCUT2D eigenvalue weighted by Crippen LogP contribution is 2.41. The van der Waals surface area contributed by atoms with E-state index in [0.717, 1.165) is 33.2 Å². The van der Waals surface area contributed by atoms with Gasteiger partial charge in [-0.2, -0.15) is 0 Å². The molecule has 2 amide bonds. The molecule has 16 heteroatoms. The number of fused-ring (bicyclic) bond motifs is 2. The van der Waals surface area contributed by atoms with Crippen molar-refractivity contribution >= 4 is 57.7 Å². The first-order valence-corrected chi connectivity index (χ1v) is 20.5. The number of H-pyrrole nitrogens is 2. The Morgan fingerprint density at radius 3 is 1.11 bits per heavy atom. The number of nitrogens with one attached hydrogen (secondary N) is 4. The van der Waals surface area contributed by atoms with E-state index in [0.29, 0.717) is 34.7 Å². The maximum atomic E-state index is 15.1. The van der Waals surface area contributed by atoms with Gasteiger partial charge in [-0.05, 0) is 83.9 Å². The van der Waals surface area contributed by atoms with E-state index < -0.39 is 11.1 Å². The number of aromatic nitrogens is 8. The number of nitrogens with zero attached hydrogens (tertiary/aromatic N) is 10. The van der Waals surface area contributed by atoms with Crippen LogP contribution in [-0.4, -0.2) is 73.4 Å². The zero-order valence-corrected chi connectivity index (χ0v) is 33.9. The number of anilines is 2. The molecule has 0 saturated carbocycles. The summed E-state index contributed by atoms with van der Waals surface area (Å²) in [6, 6.07) is 44.7. The molecule has 0 atom stereocenters. The lowest BCUT2D eigenvalue weighted by molar-refractivity contribution is -0.131. The van der Waals surface area contributed by atoms with E-state index in [-0.39, 0.29) is 36.8 Å². The van der Waals surface area contributed by atoms with Crippen molar-refractivity contribution in [2.75, 3.05) is 10.6 Å². The lowest BCUT2D eigenvalue weighted by Gasteiger charge is -2.26. The lowest BCUT2D eigenvalue weighted by Crippen LogP contribution is -2.43. The highest BCUT2D eigenvalue weighted by atomic mass is 16.2. The van der Waals surface area contributed by atoms with E-state index >= 15 is 9.59 Å². The van der Waals surface area contributed by atoms with E-state index in [1.54, 1.807) is 83.1 Å². The molecule has 3 aromatic carbocycles. The second-order valence-corrected chi connectivity index (χ2v) is 15.2. The number of amides is 2. The van der Waals surface area contributed by atoms with Crippen molar-refractivity contribution < 1.29 is 9.59 Å². The Morgan fingerprint density at radius 2 is 0.781 bits per heavy atom. The fourth-order valence-corrected chi connectivity index (χ4v) is 8.19. The molecule has 2 aliphatic rings. The molecule has 0 saturated heterocycles. The summed E-state index contributed by atoms with van der Waals surface area (Å²) in [6.45, 7) is 0.274. The van der Waals surface area contributed by atoms with Crippen molar-refractivity contribution in [2.45, 2.75) is 24.2 Å². The fourth-order valence-electron chi connectivity index (χ4n) is 8.19. The molecule has 11 rings (SSSR count). The zero-order chi connectivity index (χ0) is 43.1. The number of aliphatic imine (C=N–C) groups is 2. The predicted molar refractivity (Wildman–Crippen MR) is 240 cm³/mol. The lowest BCUT2D eigenvalue weighted by atomic mass is 9.89. The van der Waals surface area contributed by atoms with Crippen LogP contribution in [0.4, 0.5) is 11.9 Å². The highest BCUT2D eigenvalue weighted by Gasteiger charge is 2.55. The van der Waals surface area contributed by atoms with Crippen LogP contribution in [-0.2, 0) is 33.8 Å². The van der Waals surface area contributed by atoms with Crippen LogP contribution in [0.1, 0.15) is 33.9 Å². The van der Waals surface area contributed by atoms with Gasteiger partial charge in [-0.15, -0.1) is 0 Å². The summed E-state index contributed by atoms with van der Waals surface area (Å²) < 4.78 is 0. The highest BCUT2D eigenvalue weighted by molar-refractivity contribution is 6.14. The number of hydrogen-bond acceptors (Lipinski definition) is 12. The summed E-state index contributed by atoms with van der Waals surface area (Å²) in [6.07, 6.45) is 6.56. The molecule has 0 bridgehead atoms. The van der Waals surface area contributed by atoms with Crippen LogP contribution in [0.15, 0.2) is 180 Å². The van der Waals surface area contributed by atoms with Crippen molar-refractivity contribution in [3.63, 3.8) is 0 Å². The number of guanidine groups is 2. The van der Waals surface area contributed by atoms with E-state index in [1.165, 1.54) is 0 Å². The average Bonchev–Trinajstić information content (AvgIpc) is 4.10. The Labute approximate surface area is 365 Å². The van der Waals surface area contributed by atoms with Crippen molar-refractivity contribution in [1.29, 1.82) is 0 Å². The molecule has 64 heavy (non-hydrogen) atoms. The first-order chi connectivity index (χ1) is 31.5. The van der Waals surface area contributed by atoms with E-state index in [1.807, 2.05) is 97.1 Å². The summed E-state index contributed by atoms with van der Waals surface area (Å²) in [5.74, 6) is 0.696. The Kier molecular flexibility index (Phi) is 9.22. The van der Waals surface area contributed by atoms with Gasteiger partial charge < -0.3 is 9.97 Å². The third-order valence-corrected chi connectivity index (χ3v) is 11.3. The van der Waals surface area contributed by atoms with Gasteiger partial charge in [0.15, 0.2) is 0 Å². The minimum Gasteiger partial charge on any atom is -0.324 e. The molecule has 6 aromatic heterocycles. The van der Waals surface area contributed by atoms with Crippen LogP contribution in [0.25, 0.3) is 22.1 Å². The molecule has 0 fully saturated rings. The molecule has 0 aliphatic carbocycles. The predicted octanol–water partition coefficient (Wildman–Crippen LogP) is 6.53. The normalized spacial score (nSPS) is 15.4. The quantitative estimate of drug-likeness (QED) is 0.118. The molecular formula is C48H36N14O2. The second-order valence-electron chi connectivity index (χ2n) is 15.2. The number of benzene rings is 3. The number of para-hydroxylation sites is 4. The van der Waals surface area contributed by atoms with Gasteiger partial charge in [-0.1, -0.05) is 72.8 Å². The number of carbonyl (C=O) groups is 2. The second kappa shape index (κ2) is 15.5. The molecule has 4 N–H and O–H groups in total. The van der Waals surface area contributed by atoms with Crippen LogP contribution >= 0.6 is 0 Å². The molecule has 9 aromatic rings. The summed E-state index contributed by atoms with van der Waals surface area (Å²) in [5, 5.41) is 6.62. The zero-order valence-electron chi connectivity index (χ0n) is 33.9. The van der Waals surface area contributed by atoms with Crippen LogP contribution in [0.2, 0.25) is 0 Å². The topological polar surface area (TPSA) is 198 Å². The number of aromatic amines is 2. The third-order valence-electron chi connectivity index (χ3n) is 11.3. The minimum absolute atomic E-state index is 0.137. The minimum atomic E-state index is -1.58. The smallest absolute Gasteiger partial charge is 0.270 e. The van der Waals surface area contributed by atoms with Crippen LogP contribution < -0.4 is 10.6 Å². The molecule has 0 unspecified atom stereocenters. The van der Waals surface area contributed by atoms with Crippen molar-refractivity contribution in [3.8, 4) is 0 Å². The number of carbonyl (C=O) groups excluding carboxylic acids is 2. The molecule has 310 valence electrons. The standard InChI is InChI=1S/C48H36N14O2/c63-41-47(37-17-5-9-25-49-37,38-18-6-10-26-50-38)59-45(57-43-53-33-13-1-2-14-34(33)54-43)61(41)29-31-21-23-32(24-22-31)30-62-42(64)48(39-19-7-11-27-51-39,40-20-8-12-28-52-40)60-46(62)58-44-55-35-15-3-4-16-36(35)56-44/h1-28H,29-30H2,(H2,53,54,57,59)(H2,55,56,58,60). The Bertz CT molecular complexity index is 2870. The summed E-state index contributed by atoms with van der Waals surface area (Å²) >= 11 is 0. The van der Waals surface area contributed by atoms with Crippen molar-refractivity contribution in [2.24, 2.45) is 9.98 Å². The largest absolute Gasteiger partial charge is 0.324 e. The van der Waals surface area contributed by atoms with Gasteiger partial charge in [-0.25, -0.2) is 20.0 Å². The van der Waals surface area contributed by atoms with E-state index in [9.17, 15) is 0 Å². The SMILES string of the molecule is O=C1N(Cc2ccc(CN3C(=O)C(c4ccccn4)(c4ccccn4)N=C3Nc3nc4ccccc4[nH]3)cc2)C(Nc2nc3ccccc3[nH]2)=NC1(c1ccccn1)c1ccccn1. The van der Waals surface area contributed by atoms with Crippen molar-refractivity contribution in [1.82, 2.24) is 49.7 Å². The van der Waals surface area contributed by atoms with Crippen LogP contribution in [0.5, 0.6) is 0 Å². The van der Waals surface area contributed by atoms with Gasteiger partial charge in [0, 0.05) is 24.8 Å². The van der Waals surface area contributed by atoms with E-state index in [2.05, 4.69) is 40.5 Å². The summed E-state index contributed by atoms with van der Waals surface area (Å²) in [4.78, 5) is 78.1. The number of imidazole rings is 2. The van der Waals surface area contributed by atoms with Crippen molar-refractivity contribution in [3.05, 3.63) is 204 Å². The molecule has 8 heterocycles. The molecule has 16 nitrogen and oxygen atoms in total. The van der Waals surface area contributed by atoms with E-state index in [4.69, 9.17) is 20.0 Å². The van der Waals surface area contributed by atoms with Gasteiger partial charge in [0.1, 0.15) is 0 Å². The maximum Gasteiger partial charge on any atom is 0.270 e. The average molecular weight is 841 g/mol. The Hall–Kier alpha value is -8.92. The molecule has 2 aliphatic heterocycles. The first-order valence-electron chi connectivity index (χ1n) is 20.5. The summed E-state index contributed by atoms with van der Waals surface area (Å²) in [5.41, 5.74) is 3.31. The number of rotatable bonds is 10. The Balaban J connectivity index is 0.935. The number of pyridine rings is 4. The van der Waals surface area contributed by atoms with Gasteiger partial charge in [0.25, 0.3) is 11.8 Å². The van der Waals surface area contributed by atoms with Gasteiger partial charge >= 0.3 is 0 Å².